The Hall–Kier alpha value is -0.120. The largest absolute Gasteiger partial charge is 0.396 e. The van der Waals surface area contributed by atoms with E-state index >= 15 is 0 Å². The summed E-state index contributed by atoms with van der Waals surface area (Å²) in [4.78, 5) is 0. The first-order valence-electron chi connectivity index (χ1n) is 2.67. The van der Waals surface area contributed by atoms with Crippen LogP contribution in [0, 0.1) is 5.41 Å². The van der Waals surface area contributed by atoms with Gasteiger partial charge < -0.3 is 5.11 Å². The van der Waals surface area contributed by atoms with Gasteiger partial charge in [-0.15, -0.1) is 0 Å². The number of nitrogens with one attached hydrogen (secondary N) is 1. The van der Waals surface area contributed by atoms with Crippen LogP contribution < -0.4 is 11.3 Å². The van der Waals surface area contributed by atoms with Crippen LogP contribution in [0.2, 0.25) is 0 Å². The lowest BCUT2D eigenvalue weighted by Crippen LogP contribution is -2.36. The molecular formula is C5H14N2O. The predicted octanol–water partition coefficient (Wildman–Crippen LogP) is -0.532. The molecule has 0 spiro atoms. The molecule has 50 valence electrons. The van der Waals surface area contributed by atoms with Gasteiger partial charge in [0.15, 0.2) is 0 Å². The molecule has 0 unspecified atom stereocenters. The van der Waals surface area contributed by atoms with Crippen LogP contribution in [-0.2, 0) is 0 Å². The summed E-state index contributed by atoms with van der Waals surface area (Å²) in [5.74, 6) is 5.03. The van der Waals surface area contributed by atoms with Crippen molar-refractivity contribution in [1.82, 2.24) is 5.43 Å². The minimum Gasteiger partial charge on any atom is -0.396 e. The second-order valence-electron chi connectivity index (χ2n) is 2.70. The fourth-order valence-corrected chi connectivity index (χ4v) is 0.332. The van der Waals surface area contributed by atoms with Crippen molar-refractivity contribution in [3.8, 4) is 0 Å². The summed E-state index contributed by atoms with van der Waals surface area (Å²) in [6.45, 7) is 4.68. The summed E-state index contributed by atoms with van der Waals surface area (Å²) >= 11 is 0. The van der Waals surface area contributed by atoms with E-state index in [4.69, 9.17) is 10.9 Å². The van der Waals surface area contributed by atoms with Crippen molar-refractivity contribution in [2.24, 2.45) is 11.3 Å². The van der Waals surface area contributed by atoms with Crippen LogP contribution >= 0.6 is 0 Å². The van der Waals surface area contributed by atoms with E-state index in [-0.39, 0.29) is 12.0 Å². The molecule has 0 atom stereocenters. The number of nitrogens with two attached hydrogens (primary N) is 1. The molecule has 4 N–H and O–H groups in total. The fourth-order valence-electron chi connectivity index (χ4n) is 0.332. The van der Waals surface area contributed by atoms with Crippen molar-refractivity contribution >= 4 is 0 Å². The highest BCUT2D eigenvalue weighted by Crippen LogP contribution is 2.09. The second-order valence-corrected chi connectivity index (χ2v) is 2.70. The van der Waals surface area contributed by atoms with E-state index < -0.39 is 0 Å². The van der Waals surface area contributed by atoms with E-state index in [1.54, 1.807) is 0 Å². The van der Waals surface area contributed by atoms with E-state index in [1.165, 1.54) is 0 Å². The standard InChI is InChI=1S/C5H14N2O/c1-5(2,4-8)3-7-6/h7-8H,3-4,6H2,1-2H3. The maximum atomic E-state index is 8.63. The van der Waals surface area contributed by atoms with Crippen molar-refractivity contribution in [2.75, 3.05) is 13.2 Å². The summed E-state index contributed by atoms with van der Waals surface area (Å²) < 4.78 is 0. The Morgan fingerprint density at radius 3 is 2.25 bits per heavy atom. The van der Waals surface area contributed by atoms with Crippen molar-refractivity contribution < 1.29 is 5.11 Å². The van der Waals surface area contributed by atoms with Gasteiger partial charge >= 0.3 is 0 Å². The summed E-state index contributed by atoms with van der Waals surface area (Å²) in [6.07, 6.45) is 0. The Labute approximate surface area is 49.9 Å². The van der Waals surface area contributed by atoms with E-state index in [0.29, 0.717) is 6.54 Å². The van der Waals surface area contributed by atoms with Crippen LogP contribution in [0.15, 0.2) is 0 Å². The summed E-state index contributed by atoms with van der Waals surface area (Å²) in [5.41, 5.74) is 2.41. The fraction of sp³-hybridized carbons (Fsp3) is 1.00. The van der Waals surface area contributed by atoms with E-state index in [9.17, 15) is 0 Å². The van der Waals surface area contributed by atoms with Crippen LogP contribution in [0.3, 0.4) is 0 Å². The van der Waals surface area contributed by atoms with E-state index in [2.05, 4.69) is 5.43 Å². The Morgan fingerprint density at radius 1 is 1.62 bits per heavy atom. The van der Waals surface area contributed by atoms with Gasteiger partial charge in [-0.25, -0.2) is 0 Å². The Kier molecular flexibility index (Phi) is 2.97. The highest BCUT2D eigenvalue weighted by Gasteiger charge is 2.13. The van der Waals surface area contributed by atoms with Crippen LogP contribution in [0.5, 0.6) is 0 Å². The summed E-state index contributed by atoms with van der Waals surface area (Å²) in [5, 5.41) is 8.63. The third kappa shape index (κ3) is 2.96. The number of rotatable bonds is 3. The minimum atomic E-state index is -0.0885. The highest BCUT2D eigenvalue weighted by molar-refractivity contribution is 4.67. The molecule has 0 amide bonds. The molecule has 3 heteroatoms. The lowest BCUT2D eigenvalue weighted by atomic mass is 9.95. The third-order valence-corrected chi connectivity index (χ3v) is 1.01. The maximum absolute atomic E-state index is 8.63. The van der Waals surface area contributed by atoms with Crippen LogP contribution in [0.25, 0.3) is 0 Å². The van der Waals surface area contributed by atoms with Gasteiger partial charge in [0.05, 0.1) is 0 Å². The molecule has 0 rings (SSSR count). The van der Waals surface area contributed by atoms with Gasteiger partial charge in [0.1, 0.15) is 0 Å². The number of aliphatic hydroxyl groups is 1. The minimum absolute atomic E-state index is 0.0885. The lowest BCUT2D eigenvalue weighted by molar-refractivity contribution is 0.157. The number of hydrazine groups is 1. The normalized spacial score (nSPS) is 12.0. The zero-order valence-electron chi connectivity index (χ0n) is 5.44. The first kappa shape index (κ1) is 7.88. The van der Waals surface area contributed by atoms with Crippen molar-refractivity contribution in [1.29, 1.82) is 0 Å². The third-order valence-electron chi connectivity index (χ3n) is 1.01. The molecule has 0 aromatic heterocycles. The molecule has 0 aromatic rings. The van der Waals surface area contributed by atoms with Gasteiger partial charge in [0.2, 0.25) is 0 Å². The lowest BCUT2D eigenvalue weighted by Gasteiger charge is -2.19. The highest BCUT2D eigenvalue weighted by atomic mass is 16.3. The molecular weight excluding hydrogens is 104 g/mol. The number of aliphatic hydroxyl groups excluding tert-OH is 1. The second kappa shape index (κ2) is 3.02. The molecule has 0 saturated carbocycles. The van der Waals surface area contributed by atoms with Crippen molar-refractivity contribution in [3.63, 3.8) is 0 Å². The molecule has 0 aliphatic carbocycles. The molecule has 0 fully saturated rings. The first-order chi connectivity index (χ1) is 3.62. The monoisotopic (exact) mass is 118 g/mol. The van der Waals surface area contributed by atoms with Crippen LogP contribution in [0.4, 0.5) is 0 Å². The zero-order chi connectivity index (χ0) is 6.62. The van der Waals surface area contributed by atoms with E-state index in [0.717, 1.165) is 0 Å². The molecule has 0 radical (unpaired) electrons. The number of hydrogen-bond donors (Lipinski definition) is 3. The SMILES string of the molecule is CC(C)(CO)CNN. The topological polar surface area (TPSA) is 58.3 Å². The molecule has 0 aromatic carbocycles. The average Bonchev–Trinajstić information content (AvgIpc) is 1.67. The quantitative estimate of drug-likeness (QED) is 0.345. The van der Waals surface area contributed by atoms with Crippen molar-refractivity contribution in [3.05, 3.63) is 0 Å². The van der Waals surface area contributed by atoms with Gasteiger partial charge in [0.25, 0.3) is 0 Å². The molecule has 0 saturated heterocycles. The van der Waals surface area contributed by atoms with Gasteiger partial charge in [-0.05, 0) is 0 Å². The van der Waals surface area contributed by atoms with Gasteiger partial charge in [0, 0.05) is 18.6 Å². The smallest absolute Gasteiger partial charge is 0.0494 e. The van der Waals surface area contributed by atoms with Gasteiger partial charge in [-0.2, -0.15) is 0 Å². The Morgan fingerprint density at radius 2 is 2.12 bits per heavy atom. The first-order valence-corrected chi connectivity index (χ1v) is 2.67. The van der Waals surface area contributed by atoms with Gasteiger partial charge in [-0.1, -0.05) is 13.8 Å². The molecule has 0 heterocycles. The Bertz CT molecular complexity index is 63.4. The molecule has 8 heavy (non-hydrogen) atoms. The van der Waals surface area contributed by atoms with Crippen LogP contribution in [-0.4, -0.2) is 18.3 Å². The van der Waals surface area contributed by atoms with Crippen molar-refractivity contribution in [2.45, 2.75) is 13.8 Å². The molecule has 0 bridgehead atoms. The average molecular weight is 118 g/mol. The van der Waals surface area contributed by atoms with Crippen LogP contribution in [0.1, 0.15) is 13.8 Å². The molecule has 0 aliphatic rings. The predicted molar refractivity (Wildman–Crippen MR) is 33.1 cm³/mol. The Balaban J connectivity index is 3.37. The zero-order valence-corrected chi connectivity index (χ0v) is 5.44. The molecule has 0 aliphatic heterocycles. The summed E-state index contributed by atoms with van der Waals surface area (Å²) in [6, 6.07) is 0. The number of hydrogen-bond acceptors (Lipinski definition) is 3. The maximum Gasteiger partial charge on any atom is 0.0494 e. The van der Waals surface area contributed by atoms with Gasteiger partial charge in [-0.3, -0.25) is 11.3 Å². The van der Waals surface area contributed by atoms with E-state index in [1.807, 2.05) is 13.8 Å². The summed E-state index contributed by atoms with van der Waals surface area (Å²) in [7, 11) is 0. The molecule has 3 nitrogen and oxygen atoms in total.